The lowest BCUT2D eigenvalue weighted by Gasteiger charge is -2.21. The third kappa shape index (κ3) is 7.41. The van der Waals surface area contributed by atoms with Crippen LogP contribution in [-0.4, -0.2) is 37.0 Å². The van der Waals surface area contributed by atoms with Gasteiger partial charge in [0.05, 0.1) is 18.8 Å². The monoisotopic (exact) mass is 370 g/mol. The van der Waals surface area contributed by atoms with E-state index in [0.717, 1.165) is 11.1 Å². The number of urea groups is 1. The minimum absolute atomic E-state index is 0.138. The van der Waals surface area contributed by atoms with E-state index in [-0.39, 0.29) is 25.2 Å². The molecular weight excluding hydrogens is 340 g/mol. The Balaban J connectivity index is 1.95. The van der Waals surface area contributed by atoms with Crippen LogP contribution < -0.4 is 10.6 Å². The molecule has 5 nitrogen and oxygen atoms in total. The van der Waals surface area contributed by atoms with Crippen LogP contribution in [0.3, 0.4) is 0 Å². The molecule has 2 aromatic rings. The number of ether oxygens (including phenoxy) is 1. The number of carbonyl (C=O) groups excluding carboxylic acids is 1. The molecule has 27 heavy (non-hydrogen) atoms. The molecule has 0 fully saturated rings. The maximum Gasteiger partial charge on any atom is 0.315 e. The molecule has 3 N–H and O–H groups in total. The molecule has 0 radical (unpaired) electrons. The van der Waals surface area contributed by atoms with E-state index >= 15 is 0 Å². The highest BCUT2D eigenvalue weighted by Gasteiger charge is 2.17. The number of aliphatic hydroxyl groups excluding tert-OH is 1. The Morgan fingerprint density at radius 1 is 1.00 bits per heavy atom. The van der Waals surface area contributed by atoms with Gasteiger partial charge >= 0.3 is 6.03 Å². The van der Waals surface area contributed by atoms with Gasteiger partial charge in [-0.1, -0.05) is 74.0 Å². The number of carbonyl (C=O) groups is 1. The van der Waals surface area contributed by atoms with Crippen molar-refractivity contribution in [2.24, 2.45) is 5.92 Å². The molecule has 0 spiro atoms. The second-order valence-electron chi connectivity index (χ2n) is 7.19. The summed E-state index contributed by atoms with van der Waals surface area (Å²) in [6.07, 6.45) is -0.732. The summed E-state index contributed by atoms with van der Waals surface area (Å²) in [7, 11) is 0. The van der Waals surface area contributed by atoms with Gasteiger partial charge in [-0.2, -0.15) is 0 Å². The van der Waals surface area contributed by atoms with Gasteiger partial charge in [0.1, 0.15) is 0 Å². The molecule has 5 heteroatoms. The first kappa shape index (κ1) is 20.9. The largest absolute Gasteiger partial charge is 0.389 e. The first-order chi connectivity index (χ1) is 13.0. The highest BCUT2D eigenvalue weighted by atomic mass is 16.5. The van der Waals surface area contributed by atoms with Gasteiger partial charge in [0, 0.05) is 13.2 Å². The molecule has 146 valence electrons. The second-order valence-corrected chi connectivity index (χ2v) is 7.19. The summed E-state index contributed by atoms with van der Waals surface area (Å²) in [5.74, 6) is 0.412. The van der Waals surface area contributed by atoms with Crippen molar-refractivity contribution >= 4 is 6.03 Å². The number of aryl methyl sites for hydroxylation is 1. The first-order valence-corrected chi connectivity index (χ1v) is 9.37. The van der Waals surface area contributed by atoms with Gasteiger partial charge in [-0.05, 0) is 24.0 Å². The summed E-state index contributed by atoms with van der Waals surface area (Å²) in [5, 5.41) is 15.7. The predicted octanol–water partition coefficient (Wildman–Crippen LogP) is 3.42. The molecular formula is C22H30N2O3. The smallest absolute Gasteiger partial charge is 0.315 e. The second kappa shape index (κ2) is 10.7. The first-order valence-electron chi connectivity index (χ1n) is 9.37. The van der Waals surface area contributed by atoms with E-state index in [9.17, 15) is 9.90 Å². The van der Waals surface area contributed by atoms with Gasteiger partial charge in [-0.15, -0.1) is 0 Å². The van der Waals surface area contributed by atoms with Crippen LogP contribution in [0.4, 0.5) is 4.79 Å². The average Bonchev–Trinajstić information content (AvgIpc) is 2.66. The van der Waals surface area contributed by atoms with Gasteiger partial charge < -0.3 is 20.5 Å². The van der Waals surface area contributed by atoms with Crippen molar-refractivity contribution in [3.63, 3.8) is 0 Å². The molecule has 2 amide bonds. The Bertz CT molecular complexity index is 686. The third-order valence-electron chi connectivity index (χ3n) is 4.08. The van der Waals surface area contributed by atoms with Crippen molar-refractivity contribution in [2.75, 3.05) is 19.8 Å². The van der Waals surface area contributed by atoms with Crippen molar-refractivity contribution in [3.05, 3.63) is 71.3 Å². The van der Waals surface area contributed by atoms with Crippen LogP contribution in [0.5, 0.6) is 0 Å². The Hall–Kier alpha value is -2.37. The zero-order chi connectivity index (χ0) is 19.6. The lowest BCUT2D eigenvalue weighted by molar-refractivity contribution is 0.0272. The van der Waals surface area contributed by atoms with Crippen molar-refractivity contribution < 1.29 is 14.6 Å². The van der Waals surface area contributed by atoms with Gasteiger partial charge in [0.2, 0.25) is 0 Å². The van der Waals surface area contributed by atoms with Gasteiger partial charge in [0.25, 0.3) is 0 Å². The summed E-state index contributed by atoms with van der Waals surface area (Å²) in [5.41, 5.74) is 3.17. The molecule has 2 rings (SSSR count). The Labute approximate surface area is 161 Å². The van der Waals surface area contributed by atoms with Crippen LogP contribution in [0.15, 0.2) is 54.6 Å². The molecule has 2 aromatic carbocycles. The Morgan fingerprint density at radius 2 is 1.63 bits per heavy atom. The van der Waals surface area contributed by atoms with E-state index in [1.54, 1.807) is 0 Å². The van der Waals surface area contributed by atoms with E-state index in [2.05, 4.69) is 10.6 Å². The maximum absolute atomic E-state index is 12.4. The molecule has 2 unspecified atom stereocenters. The zero-order valence-electron chi connectivity index (χ0n) is 16.3. The maximum atomic E-state index is 12.4. The number of benzene rings is 2. The van der Waals surface area contributed by atoms with Crippen molar-refractivity contribution in [1.29, 1.82) is 0 Å². The van der Waals surface area contributed by atoms with Crippen LogP contribution in [0.1, 0.15) is 36.6 Å². The SMILES string of the molecule is Cc1ccc(C(NC(=O)NCC(O)COCC(C)C)c2ccccc2)cc1. The standard InChI is InChI=1S/C22H30N2O3/c1-16(2)14-27-15-20(25)13-23-22(26)24-21(18-7-5-4-6-8-18)19-11-9-17(3)10-12-19/h4-12,16,20-21,25H,13-15H2,1-3H3,(H2,23,24,26). The number of aliphatic hydroxyl groups is 1. The molecule has 2 atom stereocenters. The molecule has 0 aliphatic carbocycles. The summed E-state index contributed by atoms with van der Waals surface area (Å²) < 4.78 is 5.40. The van der Waals surface area contributed by atoms with Crippen LogP contribution in [0.25, 0.3) is 0 Å². The van der Waals surface area contributed by atoms with E-state index in [1.165, 1.54) is 5.56 Å². The van der Waals surface area contributed by atoms with Crippen LogP contribution in [0, 0.1) is 12.8 Å². The van der Waals surface area contributed by atoms with E-state index < -0.39 is 6.10 Å². The molecule has 0 saturated carbocycles. The van der Waals surface area contributed by atoms with Crippen molar-refractivity contribution in [3.8, 4) is 0 Å². The fraction of sp³-hybridized carbons (Fsp3) is 0.409. The lowest BCUT2D eigenvalue weighted by atomic mass is 9.98. The topological polar surface area (TPSA) is 70.6 Å². The number of hydrogen-bond donors (Lipinski definition) is 3. The van der Waals surface area contributed by atoms with Crippen LogP contribution in [0.2, 0.25) is 0 Å². The molecule has 0 aliphatic heterocycles. The van der Waals surface area contributed by atoms with Crippen molar-refractivity contribution in [1.82, 2.24) is 10.6 Å². The minimum atomic E-state index is -0.732. The summed E-state index contributed by atoms with van der Waals surface area (Å²) in [4.78, 5) is 12.4. The number of amides is 2. The average molecular weight is 370 g/mol. The molecule has 0 bridgehead atoms. The van der Waals surface area contributed by atoms with Crippen LogP contribution >= 0.6 is 0 Å². The summed E-state index contributed by atoms with van der Waals surface area (Å²) >= 11 is 0. The van der Waals surface area contributed by atoms with Crippen LogP contribution in [-0.2, 0) is 4.74 Å². The third-order valence-corrected chi connectivity index (χ3v) is 4.08. The minimum Gasteiger partial charge on any atom is -0.389 e. The highest BCUT2D eigenvalue weighted by molar-refractivity contribution is 5.75. The Kier molecular flexibility index (Phi) is 8.30. The van der Waals surface area contributed by atoms with E-state index in [1.807, 2.05) is 75.4 Å². The van der Waals surface area contributed by atoms with Gasteiger partial charge in [0.15, 0.2) is 0 Å². The number of hydrogen-bond acceptors (Lipinski definition) is 3. The lowest BCUT2D eigenvalue weighted by Crippen LogP contribution is -2.42. The molecule has 0 aliphatic rings. The highest BCUT2D eigenvalue weighted by Crippen LogP contribution is 2.22. The summed E-state index contributed by atoms with van der Waals surface area (Å²) in [6, 6.07) is 17.3. The zero-order valence-corrected chi connectivity index (χ0v) is 16.3. The fourth-order valence-electron chi connectivity index (χ4n) is 2.65. The van der Waals surface area contributed by atoms with Crippen molar-refractivity contribution in [2.45, 2.75) is 32.9 Å². The molecule has 0 heterocycles. The molecule has 0 aromatic heterocycles. The normalized spacial score (nSPS) is 13.2. The Morgan fingerprint density at radius 3 is 2.26 bits per heavy atom. The van der Waals surface area contributed by atoms with E-state index in [4.69, 9.17) is 4.74 Å². The number of nitrogens with one attached hydrogen (secondary N) is 2. The number of rotatable bonds is 9. The fourth-order valence-corrected chi connectivity index (χ4v) is 2.65. The van der Waals surface area contributed by atoms with E-state index in [0.29, 0.717) is 12.5 Å². The molecule has 0 saturated heterocycles. The summed E-state index contributed by atoms with van der Waals surface area (Å²) in [6.45, 7) is 7.06. The van der Waals surface area contributed by atoms with Gasteiger partial charge in [-0.25, -0.2) is 4.79 Å². The predicted molar refractivity (Wildman–Crippen MR) is 108 cm³/mol. The quantitative estimate of drug-likeness (QED) is 0.633. The van der Waals surface area contributed by atoms with Gasteiger partial charge in [-0.3, -0.25) is 0 Å².